The number of hydrogen-bond donors (Lipinski definition) is 1. The fourth-order valence-corrected chi connectivity index (χ4v) is 3.59. The molecule has 0 aliphatic heterocycles. The second-order valence-corrected chi connectivity index (χ2v) is 6.57. The molecule has 0 unspecified atom stereocenters. The van der Waals surface area contributed by atoms with Crippen LogP contribution in [0.4, 0.5) is 0 Å². The van der Waals surface area contributed by atoms with E-state index in [-0.39, 0.29) is 5.41 Å². The van der Waals surface area contributed by atoms with Crippen LogP contribution < -0.4 is 0 Å². The number of aromatic nitrogens is 2. The van der Waals surface area contributed by atoms with Crippen molar-refractivity contribution in [2.24, 2.45) is 0 Å². The molecule has 1 aliphatic carbocycles. The topological polar surface area (TPSA) is 28.7 Å². The van der Waals surface area contributed by atoms with Crippen molar-refractivity contribution in [1.82, 2.24) is 9.97 Å². The van der Waals surface area contributed by atoms with Crippen LogP contribution in [0.1, 0.15) is 29.8 Å². The van der Waals surface area contributed by atoms with E-state index in [1.165, 1.54) is 24.0 Å². The van der Waals surface area contributed by atoms with Crippen LogP contribution in [0.3, 0.4) is 0 Å². The highest BCUT2D eigenvalue weighted by Gasteiger charge is 2.48. The molecule has 1 N–H and O–H groups in total. The first-order valence-electron chi connectivity index (χ1n) is 6.91. The lowest BCUT2D eigenvalue weighted by molar-refractivity contribution is 0.778. The number of fused-ring (bicyclic) bond motifs is 1. The van der Waals surface area contributed by atoms with Gasteiger partial charge in [0.25, 0.3) is 0 Å². The van der Waals surface area contributed by atoms with Gasteiger partial charge >= 0.3 is 0 Å². The maximum absolute atomic E-state index is 4.89. The Hall–Kier alpha value is -1.61. The van der Waals surface area contributed by atoms with Gasteiger partial charge in [0.1, 0.15) is 5.82 Å². The van der Waals surface area contributed by atoms with Gasteiger partial charge < -0.3 is 4.98 Å². The monoisotopic (exact) mass is 326 g/mol. The Morgan fingerprint density at radius 2 is 1.90 bits per heavy atom. The van der Waals surface area contributed by atoms with Gasteiger partial charge in [0, 0.05) is 4.47 Å². The first-order valence-corrected chi connectivity index (χ1v) is 7.70. The van der Waals surface area contributed by atoms with Crippen molar-refractivity contribution in [3.8, 4) is 0 Å². The van der Waals surface area contributed by atoms with Gasteiger partial charge in [-0.25, -0.2) is 4.98 Å². The lowest BCUT2D eigenvalue weighted by Crippen LogP contribution is -2.10. The largest absolute Gasteiger partial charge is 0.341 e. The fraction of sp³-hybridized carbons (Fsp3) is 0.235. The number of benzene rings is 2. The molecule has 0 atom stereocenters. The highest BCUT2D eigenvalue weighted by atomic mass is 79.9. The molecular formula is C17H15BrN2. The highest BCUT2D eigenvalue weighted by Crippen LogP contribution is 2.52. The molecule has 1 aromatic heterocycles. The van der Waals surface area contributed by atoms with Crippen molar-refractivity contribution in [2.75, 3.05) is 0 Å². The van der Waals surface area contributed by atoms with E-state index >= 15 is 0 Å². The summed E-state index contributed by atoms with van der Waals surface area (Å²) >= 11 is 3.56. The lowest BCUT2D eigenvalue weighted by Gasteiger charge is -2.12. The molecule has 0 bridgehead atoms. The van der Waals surface area contributed by atoms with Gasteiger partial charge in [0.2, 0.25) is 0 Å². The molecule has 1 heterocycles. The molecule has 0 saturated heterocycles. The number of nitrogens with one attached hydrogen (secondary N) is 1. The molecule has 0 spiro atoms. The predicted octanol–water partition coefficient (Wildman–Crippen LogP) is 4.71. The predicted molar refractivity (Wildman–Crippen MR) is 85.0 cm³/mol. The number of aromatic amines is 1. The molecule has 0 amide bonds. The Morgan fingerprint density at radius 1 is 1.15 bits per heavy atom. The standard InChI is InChI=1S/C17H15BrN2/c1-11-9-13(18)10-14-15(11)20-16(19-14)17(7-8-17)12-5-3-2-4-6-12/h2-6,9-10H,7-8H2,1H3,(H,19,20). The van der Waals surface area contributed by atoms with Gasteiger partial charge in [-0.05, 0) is 43.0 Å². The molecule has 2 aromatic carbocycles. The Morgan fingerprint density at radius 3 is 2.60 bits per heavy atom. The van der Waals surface area contributed by atoms with Crippen molar-refractivity contribution in [1.29, 1.82) is 0 Å². The SMILES string of the molecule is Cc1cc(Br)cc2[nH]c(C3(c4ccccc4)CC3)nc12. The molecule has 3 aromatic rings. The number of rotatable bonds is 2. The first kappa shape index (κ1) is 12.2. The van der Waals surface area contributed by atoms with Crippen molar-refractivity contribution in [3.05, 3.63) is 63.9 Å². The molecule has 1 fully saturated rings. The highest BCUT2D eigenvalue weighted by molar-refractivity contribution is 9.10. The van der Waals surface area contributed by atoms with E-state index in [0.717, 1.165) is 21.3 Å². The van der Waals surface area contributed by atoms with Crippen molar-refractivity contribution < 1.29 is 0 Å². The first-order chi connectivity index (χ1) is 9.69. The molecule has 3 heteroatoms. The molecule has 1 aliphatic rings. The summed E-state index contributed by atoms with van der Waals surface area (Å²) in [6, 6.07) is 14.9. The lowest BCUT2D eigenvalue weighted by atomic mass is 9.95. The van der Waals surface area contributed by atoms with Crippen molar-refractivity contribution in [3.63, 3.8) is 0 Å². The number of imidazole rings is 1. The van der Waals surface area contributed by atoms with Crippen molar-refractivity contribution >= 4 is 27.0 Å². The van der Waals surface area contributed by atoms with Gasteiger partial charge in [-0.2, -0.15) is 0 Å². The Labute approximate surface area is 126 Å². The average molecular weight is 327 g/mol. The summed E-state index contributed by atoms with van der Waals surface area (Å²) in [4.78, 5) is 8.42. The summed E-state index contributed by atoms with van der Waals surface area (Å²) in [6.07, 6.45) is 2.36. The quantitative estimate of drug-likeness (QED) is 0.725. The molecule has 4 rings (SSSR count). The van der Waals surface area contributed by atoms with Crippen LogP contribution in [-0.4, -0.2) is 9.97 Å². The van der Waals surface area contributed by atoms with Crippen LogP contribution in [0.25, 0.3) is 11.0 Å². The normalized spacial score (nSPS) is 16.5. The summed E-state index contributed by atoms with van der Waals surface area (Å²) in [5.74, 6) is 1.11. The summed E-state index contributed by atoms with van der Waals surface area (Å²) in [5, 5.41) is 0. The molecule has 0 radical (unpaired) electrons. The minimum absolute atomic E-state index is 0.110. The fourth-order valence-electron chi connectivity index (χ4n) is 3.02. The van der Waals surface area contributed by atoms with Crippen LogP contribution in [0, 0.1) is 6.92 Å². The third-order valence-corrected chi connectivity index (χ3v) is 4.73. The van der Waals surface area contributed by atoms with Gasteiger partial charge in [0.15, 0.2) is 0 Å². The van der Waals surface area contributed by atoms with E-state index in [2.05, 4.69) is 70.3 Å². The van der Waals surface area contributed by atoms with Crippen LogP contribution >= 0.6 is 15.9 Å². The maximum Gasteiger partial charge on any atom is 0.117 e. The van der Waals surface area contributed by atoms with Crippen molar-refractivity contribution in [2.45, 2.75) is 25.2 Å². The average Bonchev–Trinajstić information content (AvgIpc) is 3.14. The van der Waals surface area contributed by atoms with E-state index in [0.29, 0.717) is 0 Å². The number of hydrogen-bond acceptors (Lipinski definition) is 1. The van der Waals surface area contributed by atoms with E-state index in [4.69, 9.17) is 4.98 Å². The number of aryl methyl sites for hydroxylation is 1. The Bertz CT molecular complexity index is 785. The Balaban J connectivity index is 1.89. The summed E-state index contributed by atoms with van der Waals surface area (Å²) in [5.41, 5.74) is 4.90. The maximum atomic E-state index is 4.89. The third kappa shape index (κ3) is 1.73. The third-order valence-electron chi connectivity index (χ3n) is 4.27. The number of H-pyrrole nitrogens is 1. The zero-order valence-corrected chi connectivity index (χ0v) is 12.9. The van der Waals surface area contributed by atoms with Gasteiger partial charge in [-0.15, -0.1) is 0 Å². The van der Waals surface area contributed by atoms with Crippen LogP contribution in [0.15, 0.2) is 46.9 Å². The van der Waals surface area contributed by atoms with Crippen LogP contribution in [-0.2, 0) is 5.41 Å². The minimum atomic E-state index is 0.110. The van der Waals surface area contributed by atoms with E-state index in [1.807, 2.05) is 0 Å². The molecule has 1 saturated carbocycles. The van der Waals surface area contributed by atoms with E-state index in [1.54, 1.807) is 0 Å². The summed E-state index contributed by atoms with van der Waals surface area (Å²) in [6.45, 7) is 2.11. The molecule has 100 valence electrons. The molecule has 2 nitrogen and oxygen atoms in total. The second kappa shape index (κ2) is 4.19. The molecule has 20 heavy (non-hydrogen) atoms. The van der Waals surface area contributed by atoms with Gasteiger partial charge in [-0.1, -0.05) is 46.3 Å². The van der Waals surface area contributed by atoms with Gasteiger partial charge in [0.05, 0.1) is 16.4 Å². The molecular weight excluding hydrogens is 312 g/mol. The van der Waals surface area contributed by atoms with Gasteiger partial charge in [-0.3, -0.25) is 0 Å². The number of nitrogens with zero attached hydrogens (tertiary/aromatic N) is 1. The second-order valence-electron chi connectivity index (χ2n) is 5.65. The summed E-state index contributed by atoms with van der Waals surface area (Å²) in [7, 11) is 0. The zero-order valence-electron chi connectivity index (χ0n) is 11.3. The number of halogens is 1. The summed E-state index contributed by atoms with van der Waals surface area (Å²) < 4.78 is 1.10. The smallest absolute Gasteiger partial charge is 0.117 e. The Kier molecular flexibility index (Phi) is 2.55. The van der Waals surface area contributed by atoms with E-state index in [9.17, 15) is 0 Å². The van der Waals surface area contributed by atoms with E-state index < -0.39 is 0 Å². The minimum Gasteiger partial charge on any atom is -0.341 e. The zero-order chi connectivity index (χ0) is 13.7. The van der Waals surface area contributed by atoms with Crippen LogP contribution in [0.2, 0.25) is 0 Å². The van der Waals surface area contributed by atoms with Crippen LogP contribution in [0.5, 0.6) is 0 Å².